The van der Waals surface area contributed by atoms with Crippen molar-refractivity contribution in [3.63, 3.8) is 0 Å². The Bertz CT molecular complexity index is 705. The van der Waals surface area contributed by atoms with Gasteiger partial charge in [0.15, 0.2) is 0 Å². The minimum atomic E-state index is -0.407. The Balaban J connectivity index is 1.81. The molecule has 0 radical (unpaired) electrons. The zero-order valence-electron chi connectivity index (χ0n) is 14.1. The van der Waals surface area contributed by atoms with Gasteiger partial charge in [-0.2, -0.15) is 0 Å². The van der Waals surface area contributed by atoms with Crippen molar-refractivity contribution in [3.05, 3.63) is 36.4 Å². The van der Waals surface area contributed by atoms with Crippen LogP contribution in [0.5, 0.6) is 0 Å². The first-order valence-corrected chi connectivity index (χ1v) is 7.65. The Morgan fingerprint density at radius 1 is 0.957 bits per heavy atom. The van der Waals surface area contributed by atoms with E-state index in [-0.39, 0.29) is 11.2 Å². The van der Waals surface area contributed by atoms with Crippen LogP contribution in [0.4, 0.5) is 11.6 Å². The molecular formula is C16H21BN4O2. The maximum absolute atomic E-state index is 6.07. The number of hydrogen-bond donors (Lipinski definition) is 1. The summed E-state index contributed by atoms with van der Waals surface area (Å²) in [6.45, 7) is 10.0. The molecule has 0 bridgehead atoms. The van der Waals surface area contributed by atoms with Gasteiger partial charge in [-0.25, -0.2) is 15.0 Å². The fourth-order valence-electron chi connectivity index (χ4n) is 2.30. The first-order chi connectivity index (χ1) is 10.8. The molecule has 23 heavy (non-hydrogen) atoms. The minimum absolute atomic E-state index is 0.363. The Morgan fingerprint density at radius 3 is 2.26 bits per heavy atom. The molecule has 0 aliphatic carbocycles. The summed E-state index contributed by atoms with van der Waals surface area (Å²) in [7, 11) is -0.407. The van der Waals surface area contributed by atoms with Crippen LogP contribution in [-0.2, 0) is 9.31 Å². The van der Waals surface area contributed by atoms with Crippen LogP contribution in [0.3, 0.4) is 0 Å². The lowest BCUT2D eigenvalue weighted by atomic mass is 9.80. The molecule has 3 heterocycles. The molecule has 1 fully saturated rings. The number of anilines is 2. The van der Waals surface area contributed by atoms with E-state index in [1.165, 1.54) is 0 Å². The van der Waals surface area contributed by atoms with E-state index in [0.29, 0.717) is 17.5 Å². The summed E-state index contributed by atoms with van der Waals surface area (Å²) in [6, 6.07) is 5.62. The Hall–Kier alpha value is -1.99. The van der Waals surface area contributed by atoms with Gasteiger partial charge >= 0.3 is 7.12 Å². The van der Waals surface area contributed by atoms with E-state index < -0.39 is 7.12 Å². The maximum Gasteiger partial charge on any atom is 0.495 e. The summed E-state index contributed by atoms with van der Waals surface area (Å²) in [4.78, 5) is 12.7. The summed E-state index contributed by atoms with van der Waals surface area (Å²) in [6.07, 6.45) is 3.44. The smallest absolute Gasteiger partial charge is 0.399 e. The van der Waals surface area contributed by atoms with Gasteiger partial charge in [0.05, 0.1) is 11.2 Å². The number of nitrogens with zero attached hydrogens (tertiary/aromatic N) is 3. The average molecular weight is 312 g/mol. The normalized spacial score (nSPS) is 18.9. The van der Waals surface area contributed by atoms with E-state index in [0.717, 1.165) is 5.46 Å². The molecule has 0 aromatic carbocycles. The highest BCUT2D eigenvalue weighted by molar-refractivity contribution is 6.62. The third-order valence-corrected chi connectivity index (χ3v) is 4.34. The third kappa shape index (κ3) is 3.21. The number of pyridine rings is 1. The summed E-state index contributed by atoms with van der Waals surface area (Å²) in [5, 5.41) is 3.18. The number of rotatable bonds is 3. The fraction of sp³-hybridized carbons (Fsp3) is 0.438. The standard InChI is InChI=1S/C16H21BN4O2/c1-11-18-9-7-13(20-11)21-14-10-12(6-8-19-14)17-22-15(2,3)16(4,5)23-17/h6-10H,1-5H3,(H,18,19,20,21). The van der Waals surface area contributed by atoms with Crippen molar-refractivity contribution >= 4 is 24.2 Å². The van der Waals surface area contributed by atoms with E-state index in [2.05, 4.69) is 20.3 Å². The molecule has 2 aromatic rings. The molecule has 1 N–H and O–H groups in total. The van der Waals surface area contributed by atoms with Gasteiger partial charge in [0.2, 0.25) is 0 Å². The van der Waals surface area contributed by atoms with Crippen LogP contribution in [0.1, 0.15) is 33.5 Å². The molecular weight excluding hydrogens is 291 g/mol. The average Bonchev–Trinajstić information content (AvgIpc) is 2.68. The van der Waals surface area contributed by atoms with Crippen molar-refractivity contribution < 1.29 is 9.31 Å². The molecule has 3 rings (SSSR count). The maximum atomic E-state index is 6.07. The van der Waals surface area contributed by atoms with Crippen LogP contribution in [0, 0.1) is 6.92 Å². The number of aromatic nitrogens is 3. The van der Waals surface area contributed by atoms with Crippen molar-refractivity contribution in [1.29, 1.82) is 0 Å². The molecule has 0 spiro atoms. The van der Waals surface area contributed by atoms with Gasteiger partial charge in [0.25, 0.3) is 0 Å². The largest absolute Gasteiger partial charge is 0.495 e. The molecule has 2 aromatic heterocycles. The molecule has 0 saturated carbocycles. The third-order valence-electron chi connectivity index (χ3n) is 4.34. The van der Waals surface area contributed by atoms with Gasteiger partial charge in [0.1, 0.15) is 17.5 Å². The second-order valence-electron chi connectivity index (χ2n) is 6.68. The first kappa shape index (κ1) is 15.9. The highest BCUT2D eigenvalue weighted by Gasteiger charge is 2.51. The topological polar surface area (TPSA) is 69.2 Å². The second-order valence-corrected chi connectivity index (χ2v) is 6.68. The molecule has 6 nitrogen and oxygen atoms in total. The summed E-state index contributed by atoms with van der Waals surface area (Å²) >= 11 is 0. The van der Waals surface area contributed by atoms with Crippen LogP contribution in [-0.4, -0.2) is 33.3 Å². The molecule has 1 aliphatic rings. The molecule has 120 valence electrons. The van der Waals surface area contributed by atoms with Gasteiger partial charge in [-0.1, -0.05) is 0 Å². The predicted octanol–water partition coefficient (Wildman–Crippen LogP) is 2.22. The van der Waals surface area contributed by atoms with E-state index in [1.54, 1.807) is 18.5 Å². The van der Waals surface area contributed by atoms with Crippen LogP contribution >= 0.6 is 0 Å². The highest BCUT2D eigenvalue weighted by Crippen LogP contribution is 2.36. The first-order valence-electron chi connectivity index (χ1n) is 7.65. The fourth-order valence-corrected chi connectivity index (χ4v) is 2.30. The van der Waals surface area contributed by atoms with Crippen molar-refractivity contribution in [2.75, 3.05) is 5.32 Å². The lowest BCUT2D eigenvalue weighted by molar-refractivity contribution is 0.00578. The quantitative estimate of drug-likeness (QED) is 0.877. The Kier molecular flexibility index (Phi) is 3.86. The van der Waals surface area contributed by atoms with E-state index in [4.69, 9.17) is 9.31 Å². The van der Waals surface area contributed by atoms with E-state index in [1.807, 2.05) is 46.8 Å². The molecule has 0 amide bonds. The zero-order valence-corrected chi connectivity index (χ0v) is 14.1. The minimum Gasteiger partial charge on any atom is -0.399 e. The van der Waals surface area contributed by atoms with Crippen molar-refractivity contribution in [3.8, 4) is 0 Å². The molecule has 7 heteroatoms. The van der Waals surface area contributed by atoms with Crippen LogP contribution in [0.2, 0.25) is 0 Å². The summed E-state index contributed by atoms with van der Waals surface area (Å²) in [5.41, 5.74) is 0.197. The zero-order chi connectivity index (χ0) is 16.7. The van der Waals surface area contributed by atoms with Gasteiger partial charge < -0.3 is 14.6 Å². The molecule has 1 saturated heterocycles. The number of nitrogens with one attached hydrogen (secondary N) is 1. The highest BCUT2D eigenvalue weighted by atomic mass is 16.7. The molecule has 0 atom stereocenters. The van der Waals surface area contributed by atoms with Crippen LogP contribution < -0.4 is 10.8 Å². The predicted molar refractivity (Wildman–Crippen MR) is 90.0 cm³/mol. The SMILES string of the molecule is Cc1nccc(Nc2cc(B3OC(C)(C)C(C)(C)O3)ccn2)n1. The summed E-state index contributed by atoms with van der Waals surface area (Å²) < 4.78 is 12.1. The van der Waals surface area contributed by atoms with Crippen molar-refractivity contribution in [2.45, 2.75) is 45.8 Å². The van der Waals surface area contributed by atoms with Crippen molar-refractivity contribution in [1.82, 2.24) is 15.0 Å². The summed E-state index contributed by atoms with van der Waals surface area (Å²) in [5.74, 6) is 2.10. The van der Waals surface area contributed by atoms with Crippen molar-refractivity contribution in [2.24, 2.45) is 0 Å². The van der Waals surface area contributed by atoms with Gasteiger partial charge in [-0.3, -0.25) is 0 Å². The second kappa shape index (κ2) is 5.58. The lowest BCUT2D eigenvalue weighted by Crippen LogP contribution is -2.41. The monoisotopic (exact) mass is 312 g/mol. The van der Waals surface area contributed by atoms with Gasteiger partial charge in [0, 0.05) is 12.4 Å². The van der Waals surface area contributed by atoms with Gasteiger partial charge in [-0.15, -0.1) is 0 Å². The van der Waals surface area contributed by atoms with Crippen LogP contribution in [0.25, 0.3) is 0 Å². The van der Waals surface area contributed by atoms with Crippen LogP contribution in [0.15, 0.2) is 30.6 Å². The molecule has 1 aliphatic heterocycles. The van der Waals surface area contributed by atoms with E-state index in [9.17, 15) is 0 Å². The molecule has 0 unspecified atom stereocenters. The van der Waals surface area contributed by atoms with E-state index >= 15 is 0 Å². The number of hydrogen-bond acceptors (Lipinski definition) is 6. The Morgan fingerprint density at radius 2 is 1.61 bits per heavy atom. The van der Waals surface area contributed by atoms with Gasteiger partial charge in [-0.05, 0) is 58.3 Å². The lowest BCUT2D eigenvalue weighted by Gasteiger charge is -2.32. The number of aryl methyl sites for hydroxylation is 1. The Labute approximate surface area is 136 Å².